The summed E-state index contributed by atoms with van der Waals surface area (Å²) in [5.41, 5.74) is 0.581. The van der Waals surface area contributed by atoms with Crippen LogP contribution < -0.4 is 10.1 Å². The van der Waals surface area contributed by atoms with Gasteiger partial charge in [0.25, 0.3) is 11.6 Å². The first-order valence-corrected chi connectivity index (χ1v) is 7.40. The molecule has 24 heavy (non-hydrogen) atoms. The molecule has 2 aromatic rings. The molecule has 1 N–H and O–H groups in total. The van der Waals surface area contributed by atoms with Gasteiger partial charge in [-0.05, 0) is 31.5 Å². The van der Waals surface area contributed by atoms with E-state index in [1.807, 2.05) is 0 Å². The molecule has 0 aliphatic rings. The van der Waals surface area contributed by atoms with Crippen LogP contribution >= 0.6 is 0 Å². The molecule has 0 unspecified atom stereocenters. The van der Waals surface area contributed by atoms with E-state index in [2.05, 4.69) is 5.32 Å². The topological polar surface area (TPSA) is 81.5 Å². The quantitative estimate of drug-likeness (QED) is 0.644. The normalized spacial score (nSPS) is 11.6. The Labute approximate surface area is 138 Å². The van der Waals surface area contributed by atoms with E-state index in [1.165, 1.54) is 30.3 Å². The van der Waals surface area contributed by atoms with Gasteiger partial charge in [0.1, 0.15) is 0 Å². The number of hydrogen-bond donors (Lipinski definition) is 1. The fraction of sp³-hybridized carbons (Fsp3) is 0.235. The summed E-state index contributed by atoms with van der Waals surface area (Å²) in [6.45, 7) is 3.28. The highest BCUT2D eigenvalue weighted by Crippen LogP contribution is 2.26. The maximum Gasteiger partial charge on any atom is 0.274 e. The van der Waals surface area contributed by atoms with Gasteiger partial charge >= 0.3 is 0 Å². The van der Waals surface area contributed by atoms with Crippen molar-refractivity contribution in [3.05, 3.63) is 64.0 Å². The van der Waals surface area contributed by atoms with Gasteiger partial charge in [-0.25, -0.2) is 4.39 Å². The highest BCUT2D eigenvalue weighted by atomic mass is 19.1. The van der Waals surface area contributed by atoms with Gasteiger partial charge in [-0.2, -0.15) is 0 Å². The SMILES string of the molecule is CC[C@@H](Oc1ccccc1F)C(=O)Nc1cccc([N+](=O)[O-])c1C. The van der Waals surface area contributed by atoms with E-state index in [4.69, 9.17) is 4.74 Å². The Morgan fingerprint density at radius 2 is 2.00 bits per heavy atom. The van der Waals surface area contributed by atoms with Crippen LogP contribution in [0.2, 0.25) is 0 Å². The summed E-state index contributed by atoms with van der Waals surface area (Å²) >= 11 is 0. The van der Waals surface area contributed by atoms with Gasteiger partial charge in [-0.1, -0.05) is 25.1 Å². The van der Waals surface area contributed by atoms with Gasteiger partial charge in [-0.15, -0.1) is 0 Å². The Bertz CT molecular complexity index is 764. The second-order valence-corrected chi connectivity index (χ2v) is 5.14. The van der Waals surface area contributed by atoms with Crippen molar-refractivity contribution in [3.8, 4) is 5.75 Å². The molecule has 0 aliphatic carbocycles. The summed E-state index contributed by atoms with van der Waals surface area (Å²) in [5, 5.41) is 13.6. The summed E-state index contributed by atoms with van der Waals surface area (Å²) in [5.74, 6) is -1.07. The average Bonchev–Trinajstić information content (AvgIpc) is 2.55. The Morgan fingerprint density at radius 1 is 1.29 bits per heavy atom. The van der Waals surface area contributed by atoms with Crippen LogP contribution in [0.5, 0.6) is 5.75 Å². The van der Waals surface area contributed by atoms with Crippen LogP contribution in [0.4, 0.5) is 15.8 Å². The third kappa shape index (κ3) is 3.87. The van der Waals surface area contributed by atoms with Crippen LogP contribution in [0.15, 0.2) is 42.5 Å². The molecule has 0 radical (unpaired) electrons. The summed E-state index contributed by atoms with van der Waals surface area (Å²) < 4.78 is 19.1. The van der Waals surface area contributed by atoms with Gasteiger partial charge in [0.05, 0.1) is 16.2 Å². The number of carbonyl (C=O) groups excluding carboxylic acids is 1. The first kappa shape index (κ1) is 17.4. The molecule has 0 aliphatic heterocycles. The van der Waals surface area contributed by atoms with Gasteiger partial charge < -0.3 is 10.1 Å². The van der Waals surface area contributed by atoms with Gasteiger partial charge in [0.2, 0.25) is 0 Å². The maximum atomic E-state index is 13.7. The molecule has 6 nitrogen and oxygen atoms in total. The molecule has 126 valence electrons. The molecular weight excluding hydrogens is 315 g/mol. The lowest BCUT2D eigenvalue weighted by Gasteiger charge is -2.18. The molecule has 0 spiro atoms. The fourth-order valence-electron chi connectivity index (χ4n) is 2.19. The predicted octanol–water partition coefficient (Wildman–Crippen LogP) is 3.84. The number of hydrogen-bond acceptors (Lipinski definition) is 4. The molecule has 2 aromatic carbocycles. The van der Waals surface area contributed by atoms with Crippen LogP contribution in [0.25, 0.3) is 0 Å². The van der Waals surface area contributed by atoms with E-state index in [0.29, 0.717) is 17.7 Å². The highest BCUT2D eigenvalue weighted by Gasteiger charge is 2.22. The lowest BCUT2D eigenvalue weighted by atomic mass is 10.1. The summed E-state index contributed by atoms with van der Waals surface area (Å²) in [4.78, 5) is 22.8. The van der Waals surface area contributed by atoms with Gasteiger partial charge in [-0.3, -0.25) is 14.9 Å². The third-order valence-electron chi connectivity index (χ3n) is 3.53. The second-order valence-electron chi connectivity index (χ2n) is 5.14. The van der Waals surface area contributed by atoms with Crippen LogP contribution in [0, 0.1) is 22.9 Å². The van der Waals surface area contributed by atoms with Crippen LogP contribution in [0.3, 0.4) is 0 Å². The molecule has 7 heteroatoms. The number of nitro benzene ring substituents is 1. The Hall–Kier alpha value is -2.96. The number of carbonyl (C=O) groups is 1. The lowest BCUT2D eigenvalue weighted by molar-refractivity contribution is -0.385. The van der Waals surface area contributed by atoms with Gasteiger partial charge in [0, 0.05) is 6.07 Å². The first-order chi connectivity index (χ1) is 11.4. The number of ether oxygens (including phenoxy) is 1. The molecule has 0 saturated heterocycles. The van der Waals surface area contributed by atoms with Crippen molar-refractivity contribution >= 4 is 17.3 Å². The van der Waals surface area contributed by atoms with E-state index >= 15 is 0 Å². The number of nitrogens with one attached hydrogen (secondary N) is 1. The molecule has 0 aromatic heterocycles. The molecule has 0 saturated carbocycles. The Balaban J connectivity index is 2.17. The summed E-state index contributed by atoms with van der Waals surface area (Å²) in [6.07, 6.45) is -0.603. The fourth-order valence-corrected chi connectivity index (χ4v) is 2.19. The molecular formula is C17H17FN2O4. The van der Waals surface area contributed by atoms with E-state index in [9.17, 15) is 19.3 Å². The second kappa shape index (κ2) is 7.54. The van der Waals surface area contributed by atoms with Crippen molar-refractivity contribution < 1.29 is 18.8 Å². The van der Waals surface area contributed by atoms with Crippen molar-refractivity contribution in [2.24, 2.45) is 0 Å². The van der Waals surface area contributed by atoms with Crippen molar-refractivity contribution in [1.29, 1.82) is 0 Å². The molecule has 1 amide bonds. The number of nitro groups is 1. The molecule has 0 fully saturated rings. The Morgan fingerprint density at radius 3 is 2.62 bits per heavy atom. The van der Waals surface area contributed by atoms with Crippen LogP contribution in [-0.4, -0.2) is 16.9 Å². The zero-order chi connectivity index (χ0) is 17.7. The number of nitrogens with zero attached hydrogens (tertiary/aromatic N) is 1. The number of rotatable bonds is 6. The summed E-state index contributed by atoms with van der Waals surface area (Å²) in [6, 6.07) is 10.2. The smallest absolute Gasteiger partial charge is 0.274 e. The van der Waals surface area contributed by atoms with Crippen molar-refractivity contribution in [2.75, 3.05) is 5.32 Å². The maximum absolute atomic E-state index is 13.7. The predicted molar refractivity (Wildman–Crippen MR) is 87.6 cm³/mol. The molecule has 2 rings (SSSR count). The number of para-hydroxylation sites is 1. The number of benzene rings is 2. The Kier molecular flexibility index (Phi) is 5.47. The number of halogens is 1. The van der Waals surface area contributed by atoms with Crippen molar-refractivity contribution in [3.63, 3.8) is 0 Å². The van der Waals surface area contributed by atoms with Crippen molar-refractivity contribution in [2.45, 2.75) is 26.4 Å². The van der Waals surface area contributed by atoms with E-state index in [1.54, 1.807) is 26.0 Å². The lowest BCUT2D eigenvalue weighted by Crippen LogP contribution is -2.32. The number of amides is 1. The largest absolute Gasteiger partial charge is 0.478 e. The monoisotopic (exact) mass is 332 g/mol. The minimum absolute atomic E-state index is 0.0183. The molecule has 0 heterocycles. The minimum atomic E-state index is -0.916. The van der Waals surface area contributed by atoms with E-state index < -0.39 is 22.8 Å². The van der Waals surface area contributed by atoms with E-state index in [-0.39, 0.29) is 11.4 Å². The zero-order valence-corrected chi connectivity index (χ0v) is 13.3. The van der Waals surface area contributed by atoms with E-state index in [0.717, 1.165) is 0 Å². The van der Waals surface area contributed by atoms with Crippen LogP contribution in [-0.2, 0) is 4.79 Å². The average molecular weight is 332 g/mol. The summed E-state index contributed by atoms with van der Waals surface area (Å²) in [7, 11) is 0. The zero-order valence-electron chi connectivity index (χ0n) is 13.3. The molecule has 0 bridgehead atoms. The van der Waals surface area contributed by atoms with Crippen molar-refractivity contribution in [1.82, 2.24) is 0 Å². The third-order valence-corrected chi connectivity index (χ3v) is 3.53. The first-order valence-electron chi connectivity index (χ1n) is 7.40. The van der Waals surface area contributed by atoms with Gasteiger partial charge in [0.15, 0.2) is 17.7 Å². The molecule has 1 atom stereocenters. The number of anilines is 1. The minimum Gasteiger partial charge on any atom is -0.478 e. The highest BCUT2D eigenvalue weighted by molar-refractivity contribution is 5.95. The standard InChI is InChI=1S/C17H17FN2O4/c1-3-15(24-16-10-5-4-7-12(16)18)17(21)19-13-8-6-9-14(11(13)2)20(22)23/h4-10,15H,3H2,1-2H3,(H,19,21)/t15-/m1/s1. The van der Waals surface area contributed by atoms with Crippen LogP contribution in [0.1, 0.15) is 18.9 Å².